The smallest absolute Gasteiger partial charge is 0.127 e. The van der Waals surface area contributed by atoms with E-state index in [2.05, 4.69) is 71.8 Å². The van der Waals surface area contributed by atoms with Crippen molar-refractivity contribution in [1.29, 1.82) is 0 Å². The number of hydrogen-bond donors (Lipinski definition) is 0. The zero-order valence-corrected chi connectivity index (χ0v) is 17.1. The zero-order valence-electron chi connectivity index (χ0n) is 17.1. The first-order valence-electron chi connectivity index (χ1n) is 10.7. The number of aryl methyl sites for hydroxylation is 2. The number of hydrogen-bond acceptors (Lipinski definition) is 3. The summed E-state index contributed by atoms with van der Waals surface area (Å²) in [6.07, 6.45) is 4.63. The summed E-state index contributed by atoms with van der Waals surface area (Å²) in [6, 6.07) is 17.3. The molecule has 0 bridgehead atoms. The summed E-state index contributed by atoms with van der Waals surface area (Å²) < 4.78 is 8.38. The van der Waals surface area contributed by atoms with E-state index in [1.165, 1.54) is 42.8 Å². The molecule has 0 amide bonds. The van der Waals surface area contributed by atoms with Gasteiger partial charge < -0.3 is 9.30 Å². The number of likely N-dealkylation sites (tertiary alicyclic amines) is 1. The second kappa shape index (κ2) is 8.78. The number of rotatable bonds is 8. The van der Waals surface area contributed by atoms with E-state index in [1.807, 2.05) is 0 Å². The molecule has 1 fully saturated rings. The molecule has 4 rings (SSSR count). The average Bonchev–Trinajstić information content (AvgIpc) is 3.39. The number of aromatic nitrogens is 2. The third kappa shape index (κ3) is 4.07. The molecule has 1 aliphatic heterocycles. The van der Waals surface area contributed by atoms with Gasteiger partial charge in [-0.05, 0) is 75.5 Å². The largest absolute Gasteiger partial charge is 0.494 e. The van der Waals surface area contributed by atoms with Crippen LogP contribution in [0, 0.1) is 0 Å². The first-order chi connectivity index (χ1) is 13.8. The number of imidazole rings is 1. The highest BCUT2D eigenvalue weighted by atomic mass is 16.5. The van der Waals surface area contributed by atoms with Crippen molar-refractivity contribution in [2.45, 2.75) is 52.1 Å². The molecule has 3 aromatic rings. The molecule has 0 saturated carbocycles. The van der Waals surface area contributed by atoms with Crippen LogP contribution in [0.1, 0.15) is 50.5 Å². The first-order valence-corrected chi connectivity index (χ1v) is 10.7. The van der Waals surface area contributed by atoms with Crippen molar-refractivity contribution in [3.05, 3.63) is 59.9 Å². The van der Waals surface area contributed by atoms with Gasteiger partial charge in [0.15, 0.2) is 0 Å². The summed E-state index contributed by atoms with van der Waals surface area (Å²) in [5, 5.41) is 0. The molecule has 2 aromatic carbocycles. The lowest BCUT2D eigenvalue weighted by Crippen LogP contribution is -2.26. The molecule has 0 aliphatic carbocycles. The van der Waals surface area contributed by atoms with Gasteiger partial charge in [-0.25, -0.2) is 4.98 Å². The summed E-state index contributed by atoms with van der Waals surface area (Å²) in [6.45, 7) is 8.49. The lowest BCUT2D eigenvalue weighted by atomic mass is 10.2. The minimum atomic E-state index is 0.359. The molecular weight excluding hydrogens is 346 g/mol. The van der Waals surface area contributed by atoms with Crippen molar-refractivity contribution >= 4 is 11.0 Å². The van der Waals surface area contributed by atoms with Gasteiger partial charge in [0.2, 0.25) is 0 Å². The van der Waals surface area contributed by atoms with Crippen LogP contribution >= 0.6 is 0 Å². The van der Waals surface area contributed by atoms with Crippen LogP contribution in [0.4, 0.5) is 0 Å². The molecule has 0 radical (unpaired) electrons. The minimum absolute atomic E-state index is 0.359. The maximum absolute atomic E-state index is 5.97. The molecule has 0 spiro atoms. The zero-order chi connectivity index (χ0) is 19.3. The molecule has 1 unspecified atom stereocenters. The van der Waals surface area contributed by atoms with Crippen molar-refractivity contribution in [3.63, 3.8) is 0 Å². The Morgan fingerprint density at radius 1 is 1.04 bits per heavy atom. The van der Waals surface area contributed by atoms with Crippen molar-refractivity contribution in [2.75, 3.05) is 19.7 Å². The van der Waals surface area contributed by atoms with E-state index in [0.717, 1.165) is 37.3 Å². The number of ether oxygens (including phenoxy) is 1. The van der Waals surface area contributed by atoms with Crippen LogP contribution in [0.15, 0.2) is 48.5 Å². The number of para-hydroxylation sites is 2. The predicted molar refractivity (Wildman–Crippen MR) is 115 cm³/mol. The number of nitrogens with zero attached hydrogens (tertiary/aromatic N) is 3. The van der Waals surface area contributed by atoms with E-state index in [9.17, 15) is 0 Å². The van der Waals surface area contributed by atoms with E-state index >= 15 is 0 Å². The van der Waals surface area contributed by atoms with Crippen LogP contribution in [0.5, 0.6) is 5.75 Å². The molecule has 4 nitrogen and oxygen atoms in total. The van der Waals surface area contributed by atoms with Gasteiger partial charge in [-0.15, -0.1) is 0 Å². The van der Waals surface area contributed by atoms with Crippen molar-refractivity contribution in [1.82, 2.24) is 14.5 Å². The normalized spacial score (nSPS) is 15.9. The highest BCUT2D eigenvalue weighted by Crippen LogP contribution is 2.27. The maximum atomic E-state index is 5.97. The molecule has 28 heavy (non-hydrogen) atoms. The lowest BCUT2D eigenvalue weighted by Gasteiger charge is -2.24. The molecule has 1 saturated heterocycles. The van der Waals surface area contributed by atoms with Crippen LogP contribution in [-0.2, 0) is 13.0 Å². The van der Waals surface area contributed by atoms with Crippen LogP contribution in [0.2, 0.25) is 0 Å². The van der Waals surface area contributed by atoms with Gasteiger partial charge in [0.25, 0.3) is 0 Å². The van der Waals surface area contributed by atoms with Crippen molar-refractivity contribution in [3.8, 4) is 5.75 Å². The minimum Gasteiger partial charge on any atom is -0.494 e. The summed E-state index contributed by atoms with van der Waals surface area (Å²) in [5.74, 6) is 2.15. The fraction of sp³-hybridized carbons (Fsp3) is 0.458. The predicted octanol–water partition coefficient (Wildman–Crippen LogP) is 5.22. The Hall–Kier alpha value is -2.33. The van der Waals surface area contributed by atoms with Gasteiger partial charge in [-0.1, -0.05) is 31.2 Å². The van der Waals surface area contributed by atoms with Crippen LogP contribution < -0.4 is 4.74 Å². The Balaban J connectivity index is 1.45. The molecule has 2 heterocycles. The SMILES string of the molecule is CCc1ccc(OCCCn2c(C(C)N3CCCC3)nc3ccccc32)cc1. The highest BCUT2D eigenvalue weighted by Gasteiger charge is 2.24. The Labute approximate surface area is 168 Å². The molecular formula is C24H31N3O. The van der Waals surface area contributed by atoms with Gasteiger partial charge in [0, 0.05) is 6.54 Å². The van der Waals surface area contributed by atoms with Gasteiger partial charge in [0.05, 0.1) is 23.7 Å². The molecule has 1 aromatic heterocycles. The highest BCUT2D eigenvalue weighted by molar-refractivity contribution is 5.76. The summed E-state index contributed by atoms with van der Waals surface area (Å²) in [5.41, 5.74) is 3.67. The quantitative estimate of drug-likeness (QED) is 0.504. The molecule has 0 N–H and O–H groups in total. The van der Waals surface area contributed by atoms with Crippen LogP contribution in [-0.4, -0.2) is 34.1 Å². The number of benzene rings is 2. The fourth-order valence-corrected chi connectivity index (χ4v) is 4.17. The molecule has 1 aliphatic rings. The van der Waals surface area contributed by atoms with Crippen LogP contribution in [0.3, 0.4) is 0 Å². The second-order valence-corrected chi connectivity index (χ2v) is 7.73. The van der Waals surface area contributed by atoms with E-state index in [0.29, 0.717) is 6.04 Å². The van der Waals surface area contributed by atoms with Gasteiger partial charge >= 0.3 is 0 Å². The Morgan fingerprint density at radius 2 is 1.79 bits per heavy atom. The van der Waals surface area contributed by atoms with E-state index in [4.69, 9.17) is 9.72 Å². The Kier molecular flexibility index (Phi) is 5.96. The summed E-state index contributed by atoms with van der Waals surface area (Å²) in [4.78, 5) is 7.55. The van der Waals surface area contributed by atoms with Gasteiger partial charge in [-0.2, -0.15) is 0 Å². The summed E-state index contributed by atoms with van der Waals surface area (Å²) >= 11 is 0. The molecule has 4 heteroatoms. The van der Waals surface area contributed by atoms with Crippen molar-refractivity contribution in [2.24, 2.45) is 0 Å². The van der Waals surface area contributed by atoms with E-state index < -0.39 is 0 Å². The fourth-order valence-electron chi connectivity index (χ4n) is 4.17. The topological polar surface area (TPSA) is 30.3 Å². The monoisotopic (exact) mass is 377 g/mol. The van der Waals surface area contributed by atoms with Gasteiger partial charge in [-0.3, -0.25) is 4.90 Å². The summed E-state index contributed by atoms with van der Waals surface area (Å²) in [7, 11) is 0. The standard InChI is InChI=1S/C24H31N3O/c1-3-20-11-13-21(14-12-20)28-18-8-17-27-23-10-5-4-9-22(23)25-24(27)19(2)26-15-6-7-16-26/h4-5,9-14,19H,3,6-8,15-18H2,1-2H3. The van der Waals surface area contributed by atoms with E-state index in [1.54, 1.807) is 0 Å². The van der Waals surface area contributed by atoms with E-state index in [-0.39, 0.29) is 0 Å². The number of fused-ring (bicyclic) bond motifs is 1. The van der Waals surface area contributed by atoms with Gasteiger partial charge in [0.1, 0.15) is 11.6 Å². The Morgan fingerprint density at radius 3 is 2.54 bits per heavy atom. The molecule has 1 atom stereocenters. The van der Waals surface area contributed by atoms with Crippen molar-refractivity contribution < 1.29 is 4.74 Å². The average molecular weight is 378 g/mol. The lowest BCUT2D eigenvalue weighted by molar-refractivity contribution is 0.245. The maximum Gasteiger partial charge on any atom is 0.127 e. The second-order valence-electron chi connectivity index (χ2n) is 7.73. The third-order valence-electron chi connectivity index (χ3n) is 5.87. The third-order valence-corrected chi connectivity index (χ3v) is 5.87. The first kappa shape index (κ1) is 19.0. The Bertz CT molecular complexity index is 894. The molecule has 148 valence electrons. The van der Waals surface area contributed by atoms with Crippen LogP contribution in [0.25, 0.3) is 11.0 Å².